The summed E-state index contributed by atoms with van der Waals surface area (Å²) in [6.45, 7) is 4.10. The molecule has 2 aromatic heterocycles. The maximum atomic E-state index is 13.1. The number of rotatable bonds is 6. The third-order valence-corrected chi connectivity index (χ3v) is 4.62. The summed E-state index contributed by atoms with van der Waals surface area (Å²) in [6, 6.07) is 9.68. The lowest BCUT2D eigenvalue weighted by Crippen LogP contribution is -2.11. The van der Waals surface area contributed by atoms with Gasteiger partial charge in [0.15, 0.2) is 0 Å². The van der Waals surface area contributed by atoms with E-state index in [1.807, 2.05) is 31.2 Å². The highest BCUT2D eigenvalue weighted by Crippen LogP contribution is 2.26. The third-order valence-electron chi connectivity index (χ3n) is 4.62. The van der Waals surface area contributed by atoms with Gasteiger partial charge in [0, 0.05) is 22.7 Å². The number of ketones is 1. The number of H-pyrrole nitrogens is 1. The Morgan fingerprint density at radius 3 is 2.50 bits per heavy atom. The van der Waals surface area contributed by atoms with Gasteiger partial charge < -0.3 is 9.72 Å². The molecular weight excluding hydrogens is 328 g/mol. The summed E-state index contributed by atoms with van der Waals surface area (Å²) < 4.78 is 4.83. The average molecular weight is 350 g/mol. The third kappa shape index (κ3) is 3.38. The SMILES string of the molecule is CCc1ccnc(C(=O)c2[nH]c3ccc(CC)cc3c2CC(=O)OC)c1. The number of carbonyl (C=O) groups excluding carboxylic acids is 2. The van der Waals surface area contributed by atoms with Crippen molar-refractivity contribution in [3.63, 3.8) is 0 Å². The van der Waals surface area contributed by atoms with Crippen molar-refractivity contribution >= 4 is 22.7 Å². The molecule has 0 saturated heterocycles. The summed E-state index contributed by atoms with van der Waals surface area (Å²) in [5.41, 5.74) is 4.46. The monoisotopic (exact) mass is 350 g/mol. The van der Waals surface area contributed by atoms with E-state index in [2.05, 4.69) is 16.9 Å². The van der Waals surface area contributed by atoms with Crippen LogP contribution in [0.25, 0.3) is 10.9 Å². The van der Waals surface area contributed by atoms with Gasteiger partial charge in [-0.2, -0.15) is 0 Å². The Morgan fingerprint density at radius 1 is 1.08 bits per heavy atom. The summed E-state index contributed by atoms with van der Waals surface area (Å²) in [5.74, 6) is -0.592. The predicted octanol–water partition coefficient (Wildman–Crippen LogP) is 3.63. The van der Waals surface area contributed by atoms with Gasteiger partial charge in [-0.1, -0.05) is 19.9 Å². The second-order valence-corrected chi connectivity index (χ2v) is 6.20. The number of pyridine rings is 1. The summed E-state index contributed by atoms with van der Waals surface area (Å²) in [5, 5.41) is 0.879. The first-order chi connectivity index (χ1) is 12.6. The van der Waals surface area contributed by atoms with Crippen molar-refractivity contribution in [3.8, 4) is 0 Å². The highest BCUT2D eigenvalue weighted by molar-refractivity contribution is 6.11. The number of hydrogen-bond acceptors (Lipinski definition) is 4. The molecule has 0 fully saturated rings. The Kier molecular flexibility index (Phi) is 5.16. The van der Waals surface area contributed by atoms with Gasteiger partial charge in [-0.05, 0) is 48.2 Å². The van der Waals surface area contributed by atoms with Crippen LogP contribution in [0.2, 0.25) is 0 Å². The number of esters is 1. The van der Waals surface area contributed by atoms with Gasteiger partial charge in [-0.3, -0.25) is 14.6 Å². The number of ether oxygens (including phenoxy) is 1. The maximum absolute atomic E-state index is 13.1. The smallest absolute Gasteiger partial charge is 0.310 e. The largest absolute Gasteiger partial charge is 0.469 e. The Morgan fingerprint density at radius 2 is 1.81 bits per heavy atom. The molecule has 0 unspecified atom stereocenters. The maximum Gasteiger partial charge on any atom is 0.310 e. The lowest BCUT2D eigenvalue weighted by Gasteiger charge is -2.05. The van der Waals surface area contributed by atoms with Crippen molar-refractivity contribution in [2.45, 2.75) is 33.1 Å². The van der Waals surface area contributed by atoms with Crippen molar-refractivity contribution in [1.29, 1.82) is 0 Å². The number of nitrogens with zero attached hydrogens (tertiary/aromatic N) is 1. The molecule has 0 aliphatic rings. The zero-order valence-corrected chi connectivity index (χ0v) is 15.3. The van der Waals surface area contributed by atoms with Crippen molar-refractivity contribution in [2.75, 3.05) is 7.11 Å². The molecule has 1 N–H and O–H groups in total. The van der Waals surface area contributed by atoms with Crippen molar-refractivity contribution in [2.24, 2.45) is 0 Å². The molecule has 0 aliphatic carbocycles. The fraction of sp³-hybridized carbons (Fsp3) is 0.286. The van der Waals surface area contributed by atoms with Crippen LogP contribution >= 0.6 is 0 Å². The number of aromatic nitrogens is 2. The van der Waals surface area contributed by atoms with Crippen LogP contribution < -0.4 is 0 Å². The van der Waals surface area contributed by atoms with E-state index in [1.54, 1.807) is 12.3 Å². The van der Waals surface area contributed by atoms with Gasteiger partial charge >= 0.3 is 5.97 Å². The van der Waals surface area contributed by atoms with Gasteiger partial charge in [-0.25, -0.2) is 0 Å². The highest BCUT2D eigenvalue weighted by Gasteiger charge is 2.22. The predicted molar refractivity (Wildman–Crippen MR) is 100 cm³/mol. The minimum absolute atomic E-state index is 0.0399. The van der Waals surface area contributed by atoms with E-state index in [0.29, 0.717) is 17.0 Å². The number of hydrogen-bond donors (Lipinski definition) is 1. The standard InChI is InChI=1S/C21H22N2O3/c1-4-13-6-7-17-15(10-13)16(12-19(24)26-3)20(23-17)21(25)18-11-14(5-2)8-9-22-18/h6-11,23H,4-5,12H2,1-3H3. The lowest BCUT2D eigenvalue weighted by atomic mass is 10.0. The van der Waals surface area contributed by atoms with E-state index in [4.69, 9.17) is 4.74 Å². The quantitative estimate of drug-likeness (QED) is 0.544. The molecule has 1 aromatic carbocycles. The van der Waals surface area contributed by atoms with E-state index in [9.17, 15) is 9.59 Å². The number of aromatic amines is 1. The molecule has 0 radical (unpaired) electrons. The number of aryl methyl sites for hydroxylation is 2. The Hall–Kier alpha value is -2.95. The van der Waals surface area contributed by atoms with Gasteiger partial charge in [0.25, 0.3) is 0 Å². The van der Waals surface area contributed by atoms with Crippen LogP contribution in [-0.4, -0.2) is 28.8 Å². The van der Waals surface area contributed by atoms with Crippen LogP contribution in [0.3, 0.4) is 0 Å². The summed E-state index contributed by atoms with van der Waals surface area (Å²) in [4.78, 5) is 32.4. The molecule has 134 valence electrons. The molecule has 0 bridgehead atoms. The average Bonchev–Trinajstić information content (AvgIpc) is 3.04. The highest BCUT2D eigenvalue weighted by atomic mass is 16.5. The molecular formula is C21H22N2O3. The normalized spacial score (nSPS) is 10.9. The van der Waals surface area contributed by atoms with Crippen LogP contribution in [0.1, 0.15) is 46.7 Å². The molecule has 3 aromatic rings. The van der Waals surface area contributed by atoms with Crippen molar-refractivity contribution in [3.05, 3.63) is 64.6 Å². The molecule has 0 aliphatic heterocycles. The van der Waals surface area contributed by atoms with E-state index in [0.717, 1.165) is 34.9 Å². The first-order valence-electron chi connectivity index (χ1n) is 8.77. The van der Waals surface area contributed by atoms with Gasteiger partial charge in [0.2, 0.25) is 5.78 Å². The van der Waals surface area contributed by atoms with Crippen LogP contribution in [0.5, 0.6) is 0 Å². The zero-order chi connectivity index (χ0) is 18.7. The van der Waals surface area contributed by atoms with E-state index >= 15 is 0 Å². The number of methoxy groups -OCH3 is 1. The van der Waals surface area contributed by atoms with E-state index in [-0.39, 0.29) is 18.2 Å². The fourth-order valence-corrected chi connectivity index (χ4v) is 3.06. The van der Waals surface area contributed by atoms with E-state index in [1.165, 1.54) is 7.11 Å². The lowest BCUT2D eigenvalue weighted by molar-refractivity contribution is -0.139. The van der Waals surface area contributed by atoms with E-state index < -0.39 is 0 Å². The van der Waals surface area contributed by atoms with Gasteiger partial charge in [0.05, 0.1) is 19.2 Å². The molecule has 5 nitrogen and oxygen atoms in total. The Balaban J connectivity index is 2.15. The first-order valence-corrected chi connectivity index (χ1v) is 8.77. The summed E-state index contributed by atoms with van der Waals surface area (Å²) in [6.07, 6.45) is 3.38. The molecule has 0 amide bonds. The van der Waals surface area contributed by atoms with Crippen molar-refractivity contribution in [1.82, 2.24) is 9.97 Å². The molecule has 2 heterocycles. The Labute approximate surface area is 152 Å². The van der Waals surface area contributed by atoms with Crippen LogP contribution in [0.15, 0.2) is 36.5 Å². The van der Waals surface area contributed by atoms with Gasteiger partial charge in [-0.15, -0.1) is 0 Å². The number of carbonyl (C=O) groups is 2. The van der Waals surface area contributed by atoms with Gasteiger partial charge in [0.1, 0.15) is 5.69 Å². The molecule has 0 saturated carbocycles. The second-order valence-electron chi connectivity index (χ2n) is 6.20. The minimum atomic E-state index is -0.378. The van der Waals surface area contributed by atoms with Crippen LogP contribution in [0, 0.1) is 0 Å². The Bertz CT molecular complexity index is 973. The zero-order valence-electron chi connectivity index (χ0n) is 15.3. The first kappa shape index (κ1) is 17.9. The molecule has 0 atom stereocenters. The number of benzene rings is 1. The molecule has 3 rings (SSSR count). The van der Waals surface area contributed by atoms with Crippen molar-refractivity contribution < 1.29 is 14.3 Å². The summed E-state index contributed by atoms with van der Waals surface area (Å²) >= 11 is 0. The molecule has 26 heavy (non-hydrogen) atoms. The van der Waals surface area contributed by atoms with Crippen LogP contribution in [-0.2, 0) is 28.8 Å². The molecule has 5 heteroatoms. The topological polar surface area (TPSA) is 72.0 Å². The van der Waals surface area contributed by atoms with Crippen LogP contribution in [0.4, 0.5) is 0 Å². The summed E-state index contributed by atoms with van der Waals surface area (Å²) in [7, 11) is 1.35. The number of fused-ring (bicyclic) bond motifs is 1. The molecule has 0 spiro atoms. The number of nitrogens with one attached hydrogen (secondary N) is 1. The fourth-order valence-electron chi connectivity index (χ4n) is 3.06. The second kappa shape index (κ2) is 7.52. The minimum Gasteiger partial charge on any atom is -0.469 e.